The lowest BCUT2D eigenvalue weighted by atomic mass is 10.3. The van der Waals surface area contributed by atoms with E-state index in [0.717, 1.165) is 36.8 Å². The van der Waals surface area contributed by atoms with Gasteiger partial charge in [0.15, 0.2) is 0 Å². The Kier molecular flexibility index (Phi) is 7.55. The van der Waals surface area contributed by atoms with Crippen LogP contribution in [0.3, 0.4) is 0 Å². The zero-order valence-electron chi connectivity index (χ0n) is 14.4. The van der Waals surface area contributed by atoms with Gasteiger partial charge in [-0.05, 0) is 31.4 Å². The normalized spacial score (nSPS) is 15.9. The average Bonchev–Trinajstić information content (AvgIpc) is 2.57. The molecule has 2 rings (SSSR count). The molecule has 0 aliphatic carbocycles. The first-order valence-corrected chi connectivity index (χ1v) is 9.48. The van der Waals surface area contributed by atoms with E-state index < -0.39 is 0 Å². The summed E-state index contributed by atoms with van der Waals surface area (Å²) in [7, 11) is 0. The standard InChI is InChI=1S/C17H26N4O2S/c1-3-18-16(22)12-20-7-9-21(10-8-20)13-17(23)19-14-5-4-6-15(11-14)24-2/h4-6,11H,3,7-10,12-13H2,1-2H3,(H,18,22)(H,19,23). The fourth-order valence-corrected chi connectivity index (χ4v) is 3.13. The molecule has 0 unspecified atom stereocenters. The van der Waals surface area contributed by atoms with Crippen molar-refractivity contribution in [2.24, 2.45) is 0 Å². The molecule has 0 radical (unpaired) electrons. The first kappa shape index (κ1) is 18.8. The van der Waals surface area contributed by atoms with Gasteiger partial charge in [-0.1, -0.05) is 6.07 Å². The number of benzene rings is 1. The second kappa shape index (κ2) is 9.66. The van der Waals surface area contributed by atoms with Crippen molar-refractivity contribution in [3.8, 4) is 0 Å². The molecule has 0 saturated carbocycles. The number of hydrogen-bond acceptors (Lipinski definition) is 5. The molecule has 2 N–H and O–H groups in total. The lowest BCUT2D eigenvalue weighted by Gasteiger charge is -2.33. The predicted octanol–water partition coefficient (Wildman–Crippen LogP) is 1.10. The molecule has 1 aromatic rings. The number of rotatable bonds is 7. The SMILES string of the molecule is CCNC(=O)CN1CCN(CC(=O)Nc2cccc(SC)c2)CC1. The first-order chi connectivity index (χ1) is 11.6. The molecule has 1 aliphatic heterocycles. The highest BCUT2D eigenvalue weighted by Gasteiger charge is 2.20. The quantitative estimate of drug-likeness (QED) is 0.721. The van der Waals surface area contributed by atoms with Crippen LogP contribution in [0.15, 0.2) is 29.2 Å². The van der Waals surface area contributed by atoms with Crippen LogP contribution < -0.4 is 10.6 Å². The van der Waals surface area contributed by atoms with E-state index in [1.54, 1.807) is 11.8 Å². The monoisotopic (exact) mass is 350 g/mol. The summed E-state index contributed by atoms with van der Waals surface area (Å²) in [4.78, 5) is 29.2. The molecule has 1 heterocycles. The van der Waals surface area contributed by atoms with E-state index in [1.165, 1.54) is 0 Å². The Labute approximate surface area is 148 Å². The second-order valence-corrected chi connectivity index (χ2v) is 6.67. The van der Waals surface area contributed by atoms with Crippen LogP contribution in [0.1, 0.15) is 6.92 Å². The Hall–Kier alpha value is -1.57. The molecular weight excluding hydrogens is 324 g/mol. The van der Waals surface area contributed by atoms with E-state index in [1.807, 2.05) is 37.4 Å². The van der Waals surface area contributed by atoms with Crippen molar-refractivity contribution >= 4 is 29.3 Å². The predicted molar refractivity (Wildman–Crippen MR) is 98.4 cm³/mol. The topological polar surface area (TPSA) is 64.7 Å². The van der Waals surface area contributed by atoms with Crippen LogP contribution in [0.4, 0.5) is 5.69 Å². The molecular formula is C17H26N4O2S. The molecule has 0 aromatic heterocycles. The van der Waals surface area contributed by atoms with Crippen molar-refractivity contribution in [2.75, 3.05) is 57.4 Å². The van der Waals surface area contributed by atoms with Crippen LogP contribution in [0.25, 0.3) is 0 Å². The number of amides is 2. The molecule has 0 bridgehead atoms. The molecule has 7 heteroatoms. The van der Waals surface area contributed by atoms with Crippen molar-refractivity contribution in [3.05, 3.63) is 24.3 Å². The molecule has 0 spiro atoms. The van der Waals surface area contributed by atoms with Gasteiger partial charge in [0.05, 0.1) is 13.1 Å². The van der Waals surface area contributed by atoms with Crippen LogP contribution in [-0.4, -0.2) is 73.7 Å². The molecule has 1 aliphatic rings. The van der Waals surface area contributed by atoms with Gasteiger partial charge in [-0.3, -0.25) is 19.4 Å². The third kappa shape index (κ3) is 6.14. The third-order valence-corrected chi connectivity index (χ3v) is 4.65. The highest BCUT2D eigenvalue weighted by Crippen LogP contribution is 2.18. The number of thioether (sulfide) groups is 1. The maximum atomic E-state index is 12.2. The number of hydrogen-bond donors (Lipinski definition) is 2. The molecule has 1 aromatic carbocycles. The minimum Gasteiger partial charge on any atom is -0.355 e. The van der Waals surface area contributed by atoms with Crippen molar-refractivity contribution in [1.82, 2.24) is 15.1 Å². The van der Waals surface area contributed by atoms with Gasteiger partial charge in [-0.2, -0.15) is 0 Å². The van der Waals surface area contributed by atoms with Crippen molar-refractivity contribution in [3.63, 3.8) is 0 Å². The summed E-state index contributed by atoms with van der Waals surface area (Å²) in [6.45, 7) is 6.64. The molecule has 132 valence electrons. The number of carbonyl (C=O) groups is 2. The molecule has 6 nitrogen and oxygen atoms in total. The summed E-state index contributed by atoms with van der Waals surface area (Å²) in [5.74, 6) is 0.0720. The lowest BCUT2D eigenvalue weighted by Crippen LogP contribution is -2.51. The average molecular weight is 350 g/mol. The van der Waals surface area contributed by atoms with Gasteiger partial charge in [-0.15, -0.1) is 11.8 Å². The number of anilines is 1. The Morgan fingerprint density at radius 3 is 2.29 bits per heavy atom. The zero-order chi connectivity index (χ0) is 17.4. The fourth-order valence-electron chi connectivity index (χ4n) is 2.67. The van der Waals surface area contributed by atoms with Gasteiger partial charge in [0.25, 0.3) is 0 Å². The van der Waals surface area contributed by atoms with Gasteiger partial charge in [-0.25, -0.2) is 0 Å². The van der Waals surface area contributed by atoms with Crippen LogP contribution >= 0.6 is 11.8 Å². The van der Waals surface area contributed by atoms with E-state index in [0.29, 0.717) is 19.6 Å². The summed E-state index contributed by atoms with van der Waals surface area (Å²) in [6, 6.07) is 7.85. The van der Waals surface area contributed by atoms with Crippen LogP contribution in [0.2, 0.25) is 0 Å². The van der Waals surface area contributed by atoms with Gasteiger partial charge in [0, 0.05) is 43.3 Å². The number of nitrogens with zero attached hydrogens (tertiary/aromatic N) is 2. The van der Waals surface area contributed by atoms with Crippen molar-refractivity contribution in [2.45, 2.75) is 11.8 Å². The Balaban J connectivity index is 1.73. The Morgan fingerprint density at radius 2 is 1.71 bits per heavy atom. The van der Waals surface area contributed by atoms with E-state index in [2.05, 4.69) is 20.4 Å². The van der Waals surface area contributed by atoms with Crippen LogP contribution in [0.5, 0.6) is 0 Å². The van der Waals surface area contributed by atoms with E-state index in [9.17, 15) is 9.59 Å². The van der Waals surface area contributed by atoms with E-state index in [4.69, 9.17) is 0 Å². The minimum absolute atomic E-state index is 0.00503. The van der Waals surface area contributed by atoms with Crippen molar-refractivity contribution in [1.29, 1.82) is 0 Å². The molecule has 0 atom stereocenters. The Bertz CT molecular complexity index is 559. The van der Waals surface area contributed by atoms with Gasteiger partial charge < -0.3 is 10.6 Å². The Morgan fingerprint density at radius 1 is 1.08 bits per heavy atom. The summed E-state index contributed by atoms with van der Waals surface area (Å²) in [6.07, 6.45) is 2.02. The summed E-state index contributed by atoms with van der Waals surface area (Å²) >= 11 is 1.65. The van der Waals surface area contributed by atoms with E-state index in [-0.39, 0.29) is 11.8 Å². The third-order valence-electron chi connectivity index (χ3n) is 3.93. The number of carbonyl (C=O) groups excluding carboxylic acids is 2. The fraction of sp³-hybridized carbons (Fsp3) is 0.529. The van der Waals surface area contributed by atoms with E-state index >= 15 is 0 Å². The van der Waals surface area contributed by atoms with Gasteiger partial charge in [0.2, 0.25) is 11.8 Å². The largest absolute Gasteiger partial charge is 0.355 e. The van der Waals surface area contributed by atoms with Gasteiger partial charge >= 0.3 is 0 Å². The maximum absolute atomic E-state index is 12.2. The highest BCUT2D eigenvalue weighted by atomic mass is 32.2. The highest BCUT2D eigenvalue weighted by molar-refractivity contribution is 7.98. The number of likely N-dealkylation sites (N-methyl/N-ethyl adjacent to an activating group) is 1. The second-order valence-electron chi connectivity index (χ2n) is 5.79. The first-order valence-electron chi connectivity index (χ1n) is 8.26. The number of piperazine rings is 1. The van der Waals surface area contributed by atoms with Crippen LogP contribution in [0, 0.1) is 0 Å². The zero-order valence-corrected chi connectivity index (χ0v) is 15.2. The lowest BCUT2D eigenvalue weighted by molar-refractivity contribution is -0.123. The summed E-state index contributed by atoms with van der Waals surface area (Å²) in [5, 5.41) is 5.77. The van der Waals surface area contributed by atoms with Gasteiger partial charge in [0.1, 0.15) is 0 Å². The minimum atomic E-state index is 0.00503. The maximum Gasteiger partial charge on any atom is 0.238 e. The molecule has 24 heavy (non-hydrogen) atoms. The van der Waals surface area contributed by atoms with Crippen molar-refractivity contribution < 1.29 is 9.59 Å². The number of nitrogens with one attached hydrogen (secondary N) is 2. The molecule has 1 fully saturated rings. The summed E-state index contributed by atoms with van der Waals surface area (Å²) < 4.78 is 0. The smallest absolute Gasteiger partial charge is 0.238 e. The summed E-state index contributed by atoms with van der Waals surface area (Å²) in [5.41, 5.74) is 0.835. The molecule has 2 amide bonds. The van der Waals surface area contributed by atoms with Crippen LogP contribution in [-0.2, 0) is 9.59 Å². The molecule has 1 saturated heterocycles.